The summed E-state index contributed by atoms with van der Waals surface area (Å²) in [7, 11) is 0. The maximum atomic E-state index is 13.2. The van der Waals surface area contributed by atoms with Crippen LogP contribution in [0.4, 0.5) is 20.2 Å². The number of nitrogens with zero attached hydrogens (tertiary/aromatic N) is 1. The topological polar surface area (TPSA) is 49.4 Å². The molecule has 0 bridgehead atoms. The second-order valence-electron chi connectivity index (χ2n) is 5.50. The van der Waals surface area contributed by atoms with Crippen LogP contribution in [0.25, 0.3) is 0 Å². The van der Waals surface area contributed by atoms with Crippen LogP contribution < -0.4 is 10.2 Å². The number of halogens is 3. The lowest BCUT2D eigenvalue weighted by atomic mass is 10.1. The normalized spacial score (nSPS) is 17.2. The van der Waals surface area contributed by atoms with Gasteiger partial charge in [0, 0.05) is 35.4 Å². The Morgan fingerprint density at radius 1 is 1.17 bits per heavy atom. The van der Waals surface area contributed by atoms with E-state index in [1.54, 1.807) is 24.3 Å². The molecule has 0 saturated carbocycles. The molecule has 2 aromatic rings. The van der Waals surface area contributed by atoms with Gasteiger partial charge in [-0.3, -0.25) is 9.59 Å². The van der Waals surface area contributed by atoms with E-state index in [4.69, 9.17) is 11.6 Å². The molecule has 4 nitrogen and oxygen atoms in total. The number of hydrogen-bond donors (Lipinski definition) is 1. The van der Waals surface area contributed by atoms with Crippen LogP contribution in [0, 0.1) is 17.6 Å². The fourth-order valence-electron chi connectivity index (χ4n) is 2.59. The van der Waals surface area contributed by atoms with E-state index < -0.39 is 23.5 Å². The number of nitrogens with one attached hydrogen (secondary N) is 1. The van der Waals surface area contributed by atoms with E-state index in [9.17, 15) is 18.4 Å². The molecule has 7 heteroatoms. The molecule has 2 amide bonds. The van der Waals surface area contributed by atoms with Crippen LogP contribution in [0.3, 0.4) is 0 Å². The number of benzene rings is 2. The minimum atomic E-state index is -1.05. The average Bonchev–Trinajstić information content (AvgIpc) is 2.93. The van der Waals surface area contributed by atoms with Crippen molar-refractivity contribution in [2.24, 2.45) is 5.92 Å². The summed E-state index contributed by atoms with van der Waals surface area (Å²) >= 11 is 5.92. The van der Waals surface area contributed by atoms with Crippen molar-refractivity contribution in [2.75, 3.05) is 16.8 Å². The van der Waals surface area contributed by atoms with E-state index in [2.05, 4.69) is 5.32 Å². The Bertz CT molecular complexity index is 813. The molecule has 124 valence electrons. The second-order valence-corrected chi connectivity index (χ2v) is 5.94. The lowest BCUT2D eigenvalue weighted by molar-refractivity contribution is -0.122. The largest absolute Gasteiger partial charge is 0.326 e. The summed E-state index contributed by atoms with van der Waals surface area (Å²) in [5.74, 6) is -3.22. The van der Waals surface area contributed by atoms with Crippen LogP contribution in [-0.4, -0.2) is 18.4 Å². The predicted octanol–water partition coefficient (Wildman–Crippen LogP) is 3.61. The van der Waals surface area contributed by atoms with Gasteiger partial charge in [0.05, 0.1) is 5.92 Å². The lowest BCUT2D eigenvalue weighted by Gasteiger charge is -2.17. The SMILES string of the molecule is O=C(Nc1ccc(F)c(F)c1)C1CC(=O)N(c2cccc(Cl)c2)C1. The van der Waals surface area contributed by atoms with Crippen LogP contribution >= 0.6 is 11.6 Å². The average molecular weight is 351 g/mol. The Labute approximate surface area is 142 Å². The van der Waals surface area contributed by atoms with Crippen molar-refractivity contribution in [3.8, 4) is 0 Å². The highest BCUT2D eigenvalue weighted by molar-refractivity contribution is 6.31. The standard InChI is InChI=1S/C17H13ClF2N2O2/c18-11-2-1-3-13(7-11)22-9-10(6-16(22)23)17(24)21-12-4-5-14(19)15(20)8-12/h1-5,7-8,10H,6,9H2,(H,21,24). The van der Waals surface area contributed by atoms with Crippen molar-refractivity contribution in [1.29, 1.82) is 0 Å². The van der Waals surface area contributed by atoms with E-state index in [-0.39, 0.29) is 24.6 Å². The molecule has 0 aliphatic carbocycles. The van der Waals surface area contributed by atoms with Gasteiger partial charge in [0.25, 0.3) is 0 Å². The minimum absolute atomic E-state index is 0.0437. The molecule has 1 aliphatic rings. The molecule has 0 spiro atoms. The summed E-state index contributed by atoms with van der Waals surface area (Å²) in [6, 6.07) is 9.90. The zero-order valence-corrected chi connectivity index (χ0v) is 13.2. The highest BCUT2D eigenvalue weighted by atomic mass is 35.5. The van der Waals surface area contributed by atoms with Crippen molar-refractivity contribution >= 4 is 34.8 Å². The van der Waals surface area contributed by atoms with Gasteiger partial charge in [-0.2, -0.15) is 0 Å². The Morgan fingerprint density at radius 3 is 2.67 bits per heavy atom. The van der Waals surface area contributed by atoms with E-state index in [0.717, 1.165) is 12.1 Å². The fourth-order valence-corrected chi connectivity index (χ4v) is 2.78. The predicted molar refractivity (Wildman–Crippen MR) is 86.9 cm³/mol. The zero-order chi connectivity index (χ0) is 17.3. The van der Waals surface area contributed by atoms with E-state index in [1.165, 1.54) is 11.0 Å². The summed E-state index contributed by atoms with van der Waals surface area (Å²) in [4.78, 5) is 25.9. The van der Waals surface area contributed by atoms with E-state index in [0.29, 0.717) is 10.7 Å². The van der Waals surface area contributed by atoms with Crippen molar-refractivity contribution in [1.82, 2.24) is 0 Å². The lowest BCUT2D eigenvalue weighted by Crippen LogP contribution is -2.28. The zero-order valence-electron chi connectivity index (χ0n) is 12.4. The number of anilines is 2. The van der Waals surface area contributed by atoms with E-state index >= 15 is 0 Å². The number of carbonyl (C=O) groups excluding carboxylic acids is 2. The maximum Gasteiger partial charge on any atom is 0.229 e. The van der Waals surface area contributed by atoms with Crippen LogP contribution in [0.1, 0.15) is 6.42 Å². The van der Waals surface area contributed by atoms with Crippen LogP contribution in [0.5, 0.6) is 0 Å². The Morgan fingerprint density at radius 2 is 1.96 bits per heavy atom. The molecule has 1 saturated heterocycles. The molecule has 24 heavy (non-hydrogen) atoms. The van der Waals surface area contributed by atoms with Gasteiger partial charge in [-0.15, -0.1) is 0 Å². The third-order valence-corrected chi connectivity index (χ3v) is 4.04. The number of amides is 2. The Kier molecular flexibility index (Phi) is 4.49. The van der Waals surface area contributed by atoms with Gasteiger partial charge in [-0.25, -0.2) is 8.78 Å². The first-order valence-electron chi connectivity index (χ1n) is 7.26. The number of carbonyl (C=O) groups is 2. The third kappa shape index (κ3) is 3.38. The van der Waals surface area contributed by atoms with Crippen molar-refractivity contribution in [2.45, 2.75) is 6.42 Å². The van der Waals surface area contributed by atoms with E-state index in [1.807, 2.05) is 0 Å². The molecule has 1 N–H and O–H groups in total. The molecule has 3 rings (SSSR count). The third-order valence-electron chi connectivity index (χ3n) is 3.80. The van der Waals surface area contributed by atoms with Gasteiger partial charge < -0.3 is 10.2 Å². The summed E-state index contributed by atoms with van der Waals surface area (Å²) in [5, 5.41) is 3.00. The second kappa shape index (κ2) is 6.57. The summed E-state index contributed by atoms with van der Waals surface area (Å²) in [6.07, 6.45) is 0.0437. The first kappa shape index (κ1) is 16.4. The molecule has 0 aromatic heterocycles. The van der Waals surface area contributed by atoms with Crippen LogP contribution in [-0.2, 0) is 9.59 Å². The molecule has 2 aromatic carbocycles. The molecule has 1 heterocycles. The Balaban J connectivity index is 1.70. The first-order valence-corrected chi connectivity index (χ1v) is 7.63. The molecule has 1 unspecified atom stereocenters. The highest BCUT2D eigenvalue weighted by Crippen LogP contribution is 2.28. The molecule has 1 atom stereocenters. The summed E-state index contributed by atoms with van der Waals surface area (Å²) in [6.45, 7) is 0.203. The summed E-state index contributed by atoms with van der Waals surface area (Å²) in [5.41, 5.74) is 0.767. The van der Waals surface area contributed by atoms with Gasteiger partial charge in [0.15, 0.2) is 11.6 Å². The smallest absolute Gasteiger partial charge is 0.229 e. The molecule has 1 aliphatic heterocycles. The van der Waals surface area contributed by atoms with Crippen molar-refractivity contribution < 1.29 is 18.4 Å². The van der Waals surface area contributed by atoms with Gasteiger partial charge >= 0.3 is 0 Å². The van der Waals surface area contributed by atoms with Crippen LogP contribution in [0.15, 0.2) is 42.5 Å². The fraction of sp³-hybridized carbons (Fsp3) is 0.176. The molecule has 1 fully saturated rings. The number of hydrogen-bond acceptors (Lipinski definition) is 2. The molecule has 0 radical (unpaired) electrons. The quantitative estimate of drug-likeness (QED) is 0.919. The van der Waals surface area contributed by atoms with Gasteiger partial charge in [-0.05, 0) is 30.3 Å². The number of rotatable bonds is 3. The Hall–Kier alpha value is -2.47. The van der Waals surface area contributed by atoms with Crippen molar-refractivity contribution in [3.05, 3.63) is 59.1 Å². The van der Waals surface area contributed by atoms with Gasteiger partial charge in [0.1, 0.15) is 0 Å². The summed E-state index contributed by atoms with van der Waals surface area (Å²) < 4.78 is 26.1. The molecular formula is C17H13ClF2N2O2. The first-order chi connectivity index (χ1) is 11.4. The van der Waals surface area contributed by atoms with Gasteiger partial charge in [0.2, 0.25) is 11.8 Å². The minimum Gasteiger partial charge on any atom is -0.326 e. The maximum absolute atomic E-state index is 13.2. The highest BCUT2D eigenvalue weighted by Gasteiger charge is 2.35. The monoisotopic (exact) mass is 350 g/mol. The molecular weight excluding hydrogens is 338 g/mol. The van der Waals surface area contributed by atoms with Crippen molar-refractivity contribution in [3.63, 3.8) is 0 Å². The van der Waals surface area contributed by atoms with Crippen LogP contribution in [0.2, 0.25) is 5.02 Å². The van der Waals surface area contributed by atoms with Gasteiger partial charge in [-0.1, -0.05) is 17.7 Å².